The van der Waals surface area contributed by atoms with Crippen molar-refractivity contribution >= 4 is 34.7 Å². The molecule has 2 saturated heterocycles. The Labute approximate surface area is 226 Å². The van der Waals surface area contributed by atoms with Crippen LogP contribution >= 0.6 is 11.6 Å². The van der Waals surface area contributed by atoms with Gasteiger partial charge in [0.15, 0.2) is 0 Å². The summed E-state index contributed by atoms with van der Waals surface area (Å²) >= 11 is 6.37. The van der Waals surface area contributed by atoms with Crippen molar-refractivity contribution in [2.75, 3.05) is 61.1 Å². The number of aliphatic hydroxyl groups excluding tert-OH is 1. The van der Waals surface area contributed by atoms with E-state index in [0.717, 1.165) is 80.0 Å². The van der Waals surface area contributed by atoms with Crippen LogP contribution in [0.25, 0.3) is 16.9 Å². The van der Waals surface area contributed by atoms with Crippen LogP contribution in [-0.2, 0) is 6.61 Å². The SMILES string of the molecule is COc1cc(CO)c(-c2cn3ccc(N4CCN(c5nccc(N6CCC(N)C6)n5)CC4)cc3n2)cc1Cl. The summed E-state index contributed by atoms with van der Waals surface area (Å²) in [6.07, 6.45) is 6.81. The number of anilines is 3. The number of ether oxygens (including phenoxy) is 1. The molecule has 1 unspecified atom stereocenters. The number of fused-ring (bicyclic) bond motifs is 1. The van der Waals surface area contributed by atoms with Gasteiger partial charge in [0.05, 0.1) is 24.4 Å². The number of methoxy groups -OCH3 is 1. The highest BCUT2D eigenvalue weighted by molar-refractivity contribution is 6.32. The maximum Gasteiger partial charge on any atom is 0.227 e. The molecule has 1 atom stereocenters. The van der Waals surface area contributed by atoms with Gasteiger partial charge in [0.25, 0.3) is 0 Å². The van der Waals surface area contributed by atoms with Gasteiger partial charge >= 0.3 is 0 Å². The maximum atomic E-state index is 9.90. The Balaban J connectivity index is 1.17. The minimum absolute atomic E-state index is 0.134. The largest absolute Gasteiger partial charge is 0.495 e. The molecule has 0 aliphatic carbocycles. The summed E-state index contributed by atoms with van der Waals surface area (Å²) in [5, 5.41) is 10.4. The Morgan fingerprint density at radius 1 is 1.05 bits per heavy atom. The number of imidazole rings is 1. The second kappa shape index (κ2) is 10.3. The molecule has 2 fully saturated rings. The number of piperazine rings is 1. The highest BCUT2D eigenvalue weighted by Crippen LogP contribution is 2.34. The van der Waals surface area contributed by atoms with Gasteiger partial charge in [-0.3, -0.25) is 0 Å². The number of nitrogens with two attached hydrogens (primary N) is 1. The van der Waals surface area contributed by atoms with Crippen molar-refractivity contribution in [3.8, 4) is 17.0 Å². The number of nitrogens with zero attached hydrogens (tertiary/aromatic N) is 7. The Bertz CT molecular complexity index is 1450. The molecule has 11 heteroatoms. The van der Waals surface area contributed by atoms with Crippen molar-refractivity contribution in [3.63, 3.8) is 0 Å². The van der Waals surface area contributed by atoms with Gasteiger partial charge in [-0.05, 0) is 36.2 Å². The van der Waals surface area contributed by atoms with E-state index in [0.29, 0.717) is 16.3 Å². The molecule has 2 aliphatic heterocycles. The van der Waals surface area contributed by atoms with E-state index < -0.39 is 0 Å². The van der Waals surface area contributed by atoms with Crippen LogP contribution in [0.4, 0.5) is 17.5 Å². The fraction of sp³-hybridized carbons (Fsp3) is 0.370. The smallest absolute Gasteiger partial charge is 0.227 e. The summed E-state index contributed by atoms with van der Waals surface area (Å²) in [7, 11) is 1.56. The molecule has 0 radical (unpaired) electrons. The van der Waals surface area contributed by atoms with Gasteiger partial charge in [-0.1, -0.05) is 11.6 Å². The molecule has 38 heavy (non-hydrogen) atoms. The van der Waals surface area contributed by atoms with Crippen LogP contribution in [0.3, 0.4) is 0 Å². The lowest BCUT2D eigenvalue weighted by Crippen LogP contribution is -2.47. The number of aromatic nitrogens is 4. The molecule has 0 saturated carbocycles. The highest BCUT2D eigenvalue weighted by atomic mass is 35.5. The van der Waals surface area contributed by atoms with E-state index in [-0.39, 0.29) is 12.6 Å². The first-order valence-electron chi connectivity index (χ1n) is 12.8. The maximum absolute atomic E-state index is 9.90. The predicted octanol–water partition coefficient (Wildman–Crippen LogP) is 2.81. The van der Waals surface area contributed by atoms with Crippen LogP contribution in [-0.4, -0.2) is 76.9 Å². The Hall–Kier alpha value is -3.60. The summed E-state index contributed by atoms with van der Waals surface area (Å²) in [4.78, 5) is 21.1. The van der Waals surface area contributed by atoms with Gasteiger partial charge in [0, 0.05) is 81.2 Å². The molecule has 6 rings (SSSR count). The van der Waals surface area contributed by atoms with E-state index >= 15 is 0 Å². The Morgan fingerprint density at radius 2 is 1.87 bits per heavy atom. The van der Waals surface area contributed by atoms with Crippen molar-refractivity contribution < 1.29 is 9.84 Å². The molecule has 2 aliphatic rings. The molecular weight excluding hydrogens is 504 g/mol. The number of hydrogen-bond donors (Lipinski definition) is 2. The normalized spacial score (nSPS) is 18.0. The summed E-state index contributed by atoms with van der Waals surface area (Å²) < 4.78 is 7.28. The van der Waals surface area contributed by atoms with Crippen molar-refractivity contribution in [1.29, 1.82) is 0 Å². The molecule has 4 aromatic rings. The second-order valence-electron chi connectivity index (χ2n) is 9.76. The fourth-order valence-corrected chi connectivity index (χ4v) is 5.49. The number of benzene rings is 1. The summed E-state index contributed by atoms with van der Waals surface area (Å²) in [5.74, 6) is 2.25. The molecule has 0 spiro atoms. The standard InChI is InChI=1S/C27H31ClN8O2/c1-38-24-12-18(17-37)21(14-22(24)28)23-16-36-7-4-20(13-26(36)31-23)33-8-10-34(11-9-33)27-30-5-2-25(32-27)35-6-3-19(29)15-35/h2,4-5,7,12-14,16,19,37H,3,6,8-11,15,17,29H2,1H3. The molecular formula is C27H31ClN8O2. The van der Waals surface area contributed by atoms with Crippen LogP contribution < -0.4 is 25.2 Å². The van der Waals surface area contributed by atoms with Gasteiger partial charge in [0.2, 0.25) is 5.95 Å². The third kappa shape index (κ3) is 4.70. The third-order valence-corrected chi connectivity index (χ3v) is 7.67. The lowest BCUT2D eigenvalue weighted by atomic mass is 10.1. The van der Waals surface area contributed by atoms with Crippen molar-refractivity contribution in [2.24, 2.45) is 5.73 Å². The first-order chi connectivity index (χ1) is 18.5. The molecule has 0 bridgehead atoms. The molecule has 10 nitrogen and oxygen atoms in total. The van der Waals surface area contributed by atoms with Crippen LogP contribution in [0, 0.1) is 0 Å². The third-order valence-electron chi connectivity index (χ3n) is 7.37. The van der Waals surface area contributed by atoms with E-state index in [1.54, 1.807) is 19.2 Å². The summed E-state index contributed by atoms with van der Waals surface area (Å²) in [5.41, 5.74) is 10.3. The van der Waals surface area contributed by atoms with Crippen molar-refractivity contribution in [3.05, 3.63) is 59.5 Å². The van der Waals surface area contributed by atoms with Crippen molar-refractivity contribution in [2.45, 2.75) is 19.1 Å². The first-order valence-corrected chi connectivity index (χ1v) is 13.2. The lowest BCUT2D eigenvalue weighted by Gasteiger charge is -2.36. The monoisotopic (exact) mass is 534 g/mol. The molecule has 1 aromatic carbocycles. The predicted molar refractivity (Wildman–Crippen MR) is 149 cm³/mol. The number of halogens is 1. The quantitative estimate of drug-likeness (QED) is 0.386. The Kier molecular flexibility index (Phi) is 6.69. The zero-order chi connectivity index (χ0) is 26.2. The zero-order valence-corrected chi connectivity index (χ0v) is 22.1. The zero-order valence-electron chi connectivity index (χ0n) is 21.3. The van der Waals surface area contributed by atoms with E-state index in [9.17, 15) is 5.11 Å². The van der Waals surface area contributed by atoms with Gasteiger partial charge in [0.1, 0.15) is 17.2 Å². The number of pyridine rings is 1. The van der Waals surface area contributed by atoms with E-state index in [2.05, 4.69) is 31.8 Å². The van der Waals surface area contributed by atoms with E-state index in [1.807, 2.05) is 29.1 Å². The average molecular weight is 535 g/mol. The molecule has 3 aromatic heterocycles. The molecule has 198 valence electrons. The highest BCUT2D eigenvalue weighted by Gasteiger charge is 2.24. The Morgan fingerprint density at radius 3 is 2.61 bits per heavy atom. The molecule has 5 heterocycles. The molecule has 0 amide bonds. The molecule has 3 N–H and O–H groups in total. The minimum Gasteiger partial charge on any atom is -0.495 e. The average Bonchev–Trinajstić information content (AvgIpc) is 3.59. The fourth-order valence-electron chi connectivity index (χ4n) is 5.25. The first kappa shape index (κ1) is 24.7. The number of rotatable bonds is 6. The lowest BCUT2D eigenvalue weighted by molar-refractivity contribution is 0.281. The van der Waals surface area contributed by atoms with Crippen LogP contribution in [0.2, 0.25) is 5.02 Å². The van der Waals surface area contributed by atoms with Gasteiger partial charge < -0.3 is 34.7 Å². The van der Waals surface area contributed by atoms with Crippen molar-refractivity contribution in [1.82, 2.24) is 19.4 Å². The van der Waals surface area contributed by atoms with Gasteiger partial charge in [-0.2, -0.15) is 4.98 Å². The number of aliphatic hydroxyl groups is 1. The van der Waals surface area contributed by atoms with E-state index in [1.165, 1.54) is 0 Å². The van der Waals surface area contributed by atoms with Crippen LogP contribution in [0.15, 0.2) is 48.9 Å². The van der Waals surface area contributed by atoms with Gasteiger partial charge in [-0.25, -0.2) is 9.97 Å². The minimum atomic E-state index is -0.134. The summed E-state index contributed by atoms with van der Waals surface area (Å²) in [6, 6.07) is 9.93. The van der Waals surface area contributed by atoms with Crippen LogP contribution in [0.1, 0.15) is 12.0 Å². The van der Waals surface area contributed by atoms with E-state index in [4.69, 9.17) is 32.0 Å². The van der Waals surface area contributed by atoms with Gasteiger partial charge in [-0.15, -0.1) is 0 Å². The topological polar surface area (TPSA) is 108 Å². The van der Waals surface area contributed by atoms with Crippen LogP contribution in [0.5, 0.6) is 5.75 Å². The number of hydrogen-bond acceptors (Lipinski definition) is 9. The second-order valence-corrected chi connectivity index (χ2v) is 10.2. The summed E-state index contributed by atoms with van der Waals surface area (Å²) in [6.45, 7) is 5.02.